The molecular formula is C21H36N4O4S2. The van der Waals surface area contributed by atoms with Crippen LogP contribution in [0.2, 0.25) is 0 Å². The molecule has 2 aliphatic heterocycles. The van der Waals surface area contributed by atoms with Crippen LogP contribution in [0, 0.1) is 13.8 Å². The van der Waals surface area contributed by atoms with Crippen molar-refractivity contribution in [1.82, 2.24) is 18.8 Å². The van der Waals surface area contributed by atoms with Crippen LogP contribution in [0.4, 0.5) is 0 Å². The highest BCUT2D eigenvalue weighted by molar-refractivity contribution is 7.90. The Balaban J connectivity index is 1.85. The molecule has 1 atom stereocenters. The van der Waals surface area contributed by atoms with Crippen LogP contribution in [0.3, 0.4) is 0 Å². The molecule has 3 rings (SSSR count). The molecule has 2 fully saturated rings. The number of hydrogen-bond acceptors (Lipinski definition) is 6. The summed E-state index contributed by atoms with van der Waals surface area (Å²) in [6.07, 6.45) is 1.96. The van der Waals surface area contributed by atoms with Crippen molar-refractivity contribution in [2.24, 2.45) is 0 Å². The average Bonchev–Trinajstić information content (AvgIpc) is 3.18. The first-order valence-electron chi connectivity index (χ1n) is 11.1. The van der Waals surface area contributed by atoms with E-state index in [9.17, 15) is 16.8 Å². The van der Waals surface area contributed by atoms with E-state index in [1.54, 1.807) is 19.1 Å². The zero-order valence-corrected chi connectivity index (χ0v) is 20.5. The highest BCUT2D eigenvalue weighted by Gasteiger charge is 2.34. The van der Waals surface area contributed by atoms with E-state index >= 15 is 0 Å². The van der Waals surface area contributed by atoms with E-state index in [-0.39, 0.29) is 23.2 Å². The Labute approximate surface area is 187 Å². The molecule has 1 aromatic rings. The Hall–Kier alpha value is -1.04. The van der Waals surface area contributed by atoms with Crippen molar-refractivity contribution in [3.8, 4) is 0 Å². The van der Waals surface area contributed by atoms with Crippen LogP contribution in [0.1, 0.15) is 30.9 Å². The van der Waals surface area contributed by atoms with Gasteiger partial charge in [0, 0.05) is 45.3 Å². The maximum atomic E-state index is 13.6. The Morgan fingerprint density at radius 3 is 2.45 bits per heavy atom. The second-order valence-corrected chi connectivity index (χ2v) is 12.5. The third-order valence-corrected chi connectivity index (χ3v) is 10.2. The van der Waals surface area contributed by atoms with Crippen molar-refractivity contribution in [2.75, 3.05) is 58.1 Å². The van der Waals surface area contributed by atoms with Crippen molar-refractivity contribution in [1.29, 1.82) is 0 Å². The van der Waals surface area contributed by atoms with Gasteiger partial charge in [-0.2, -0.15) is 8.61 Å². The highest BCUT2D eigenvalue weighted by atomic mass is 32.2. The molecule has 10 heteroatoms. The predicted molar refractivity (Wildman–Crippen MR) is 123 cm³/mol. The van der Waals surface area contributed by atoms with Gasteiger partial charge >= 0.3 is 0 Å². The fourth-order valence-corrected chi connectivity index (χ4v) is 7.81. The topological polar surface area (TPSA) is 90.0 Å². The number of benzene rings is 1. The number of rotatable bonds is 9. The van der Waals surface area contributed by atoms with Gasteiger partial charge in [0.1, 0.15) is 0 Å². The van der Waals surface area contributed by atoms with E-state index in [0.717, 1.165) is 31.5 Å². The van der Waals surface area contributed by atoms with Gasteiger partial charge in [0.2, 0.25) is 20.0 Å². The Bertz CT molecular complexity index is 960. The van der Waals surface area contributed by atoms with Gasteiger partial charge in [0.25, 0.3) is 0 Å². The number of sulfonamides is 2. The number of aryl methyl sites for hydroxylation is 2. The molecule has 2 aliphatic rings. The lowest BCUT2D eigenvalue weighted by Crippen LogP contribution is -2.49. The molecule has 0 saturated carbocycles. The van der Waals surface area contributed by atoms with Gasteiger partial charge in [-0.3, -0.25) is 4.90 Å². The van der Waals surface area contributed by atoms with Crippen molar-refractivity contribution in [2.45, 2.75) is 44.6 Å². The molecule has 8 nitrogen and oxygen atoms in total. The molecule has 0 radical (unpaired) electrons. The molecule has 0 spiro atoms. The molecule has 31 heavy (non-hydrogen) atoms. The molecule has 2 heterocycles. The van der Waals surface area contributed by atoms with Crippen LogP contribution >= 0.6 is 0 Å². The average molecular weight is 473 g/mol. The molecular weight excluding hydrogens is 436 g/mol. The number of hydrogen-bond donors (Lipinski definition) is 1. The van der Waals surface area contributed by atoms with Gasteiger partial charge in [-0.1, -0.05) is 24.6 Å². The van der Waals surface area contributed by atoms with Crippen LogP contribution in [0.25, 0.3) is 0 Å². The molecule has 2 saturated heterocycles. The minimum absolute atomic E-state index is 0.0318. The van der Waals surface area contributed by atoms with Crippen LogP contribution < -0.4 is 5.32 Å². The van der Waals surface area contributed by atoms with E-state index < -0.39 is 20.0 Å². The molecule has 0 amide bonds. The summed E-state index contributed by atoms with van der Waals surface area (Å²) < 4.78 is 55.9. The summed E-state index contributed by atoms with van der Waals surface area (Å²) >= 11 is 0. The lowest BCUT2D eigenvalue weighted by Gasteiger charge is -2.31. The minimum Gasteiger partial charge on any atom is -0.314 e. The number of piperazine rings is 1. The molecule has 0 aliphatic carbocycles. The second-order valence-electron chi connectivity index (χ2n) is 8.52. The quantitative estimate of drug-likeness (QED) is 0.577. The summed E-state index contributed by atoms with van der Waals surface area (Å²) in [7, 11) is -7.33. The van der Waals surface area contributed by atoms with Gasteiger partial charge in [-0.25, -0.2) is 16.8 Å². The van der Waals surface area contributed by atoms with Crippen LogP contribution in [0.5, 0.6) is 0 Å². The molecule has 0 aromatic heterocycles. The Morgan fingerprint density at radius 1 is 1.10 bits per heavy atom. The smallest absolute Gasteiger partial charge is 0.243 e. The van der Waals surface area contributed by atoms with Gasteiger partial charge in [0.15, 0.2) is 0 Å². The van der Waals surface area contributed by atoms with Crippen molar-refractivity contribution >= 4 is 20.0 Å². The van der Waals surface area contributed by atoms with Crippen LogP contribution in [0.15, 0.2) is 23.1 Å². The first kappa shape index (κ1) is 24.6. The Morgan fingerprint density at radius 2 is 1.81 bits per heavy atom. The third kappa shape index (κ3) is 5.85. The van der Waals surface area contributed by atoms with E-state index in [2.05, 4.69) is 17.1 Å². The molecule has 1 N–H and O–H groups in total. The van der Waals surface area contributed by atoms with Crippen molar-refractivity contribution in [3.63, 3.8) is 0 Å². The number of nitrogens with zero attached hydrogens (tertiary/aromatic N) is 3. The van der Waals surface area contributed by atoms with Crippen LogP contribution in [-0.4, -0.2) is 94.5 Å². The third-order valence-electron chi connectivity index (χ3n) is 6.34. The Kier molecular flexibility index (Phi) is 8.15. The SMILES string of the molecule is CCN1CCC[C@@H]1CN(CCS(=O)(=O)N1CCNCC1)S(=O)(=O)c1ccc(C)cc1C. The van der Waals surface area contributed by atoms with E-state index in [1.165, 1.54) is 8.61 Å². The van der Waals surface area contributed by atoms with Crippen LogP contribution in [-0.2, 0) is 20.0 Å². The number of likely N-dealkylation sites (tertiary alicyclic amines) is 1. The fraction of sp³-hybridized carbons (Fsp3) is 0.714. The predicted octanol–water partition coefficient (Wildman–Crippen LogP) is 1.01. The molecule has 0 unspecified atom stereocenters. The largest absolute Gasteiger partial charge is 0.314 e. The number of likely N-dealkylation sites (N-methyl/N-ethyl adjacent to an activating group) is 1. The lowest BCUT2D eigenvalue weighted by molar-refractivity contribution is 0.229. The molecule has 0 bridgehead atoms. The monoisotopic (exact) mass is 472 g/mol. The summed E-state index contributed by atoms with van der Waals surface area (Å²) in [5.74, 6) is -0.198. The van der Waals surface area contributed by atoms with Gasteiger partial charge in [0.05, 0.1) is 10.6 Å². The first-order chi connectivity index (χ1) is 14.6. The maximum Gasteiger partial charge on any atom is 0.243 e. The lowest BCUT2D eigenvalue weighted by atomic mass is 10.2. The van der Waals surface area contributed by atoms with Gasteiger partial charge in [-0.15, -0.1) is 0 Å². The minimum atomic E-state index is -3.81. The summed E-state index contributed by atoms with van der Waals surface area (Å²) in [4.78, 5) is 2.55. The molecule has 176 valence electrons. The zero-order chi connectivity index (χ0) is 22.6. The summed E-state index contributed by atoms with van der Waals surface area (Å²) in [6, 6.07) is 5.41. The zero-order valence-electron chi connectivity index (χ0n) is 18.9. The van der Waals surface area contributed by atoms with Gasteiger partial charge < -0.3 is 5.32 Å². The summed E-state index contributed by atoms with van der Waals surface area (Å²) in [6.45, 7) is 10.0. The normalized spacial score (nSPS) is 21.7. The van der Waals surface area contributed by atoms with Crippen molar-refractivity contribution in [3.05, 3.63) is 29.3 Å². The van der Waals surface area contributed by atoms with Crippen molar-refractivity contribution < 1.29 is 16.8 Å². The van der Waals surface area contributed by atoms with E-state index in [4.69, 9.17) is 0 Å². The number of nitrogens with one attached hydrogen (secondary N) is 1. The van der Waals surface area contributed by atoms with E-state index in [1.807, 2.05) is 13.0 Å². The summed E-state index contributed by atoms with van der Waals surface area (Å²) in [5, 5.41) is 3.15. The maximum absolute atomic E-state index is 13.6. The standard InChI is InChI=1S/C21H36N4O4S2/c1-4-23-11-5-6-20(23)17-25(14-15-30(26,27)24-12-9-22-10-13-24)31(28,29)21-8-7-18(2)16-19(21)3/h7-8,16,20,22H,4-6,9-15,17H2,1-3H3/t20-/m1/s1. The molecule has 1 aromatic carbocycles. The van der Waals surface area contributed by atoms with E-state index in [0.29, 0.717) is 38.3 Å². The second kappa shape index (κ2) is 10.3. The fourth-order valence-electron chi connectivity index (χ4n) is 4.56. The summed E-state index contributed by atoms with van der Waals surface area (Å²) in [5.41, 5.74) is 1.69. The first-order valence-corrected chi connectivity index (χ1v) is 14.2. The van der Waals surface area contributed by atoms with Gasteiger partial charge in [-0.05, 0) is 51.4 Å². The highest BCUT2D eigenvalue weighted by Crippen LogP contribution is 2.25.